The number of aromatic nitrogens is 7. The van der Waals surface area contributed by atoms with Gasteiger partial charge in [-0.3, -0.25) is 14.5 Å². The molecule has 4 aromatic heterocycles. The van der Waals surface area contributed by atoms with Gasteiger partial charge in [0.1, 0.15) is 11.5 Å². The normalized spacial score (nSPS) is 11.2. The fraction of sp³-hybridized carbons (Fsp3) is 0.130. The Bertz CT molecular complexity index is 1460. The first-order valence-corrected chi connectivity index (χ1v) is 9.94. The summed E-state index contributed by atoms with van der Waals surface area (Å²) in [5.41, 5.74) is 3.69. The largest absolute Gasteiger partial charge is 0.292 e. The Kier molecular flexibility index (Phi) is 4.78. The van der Waals surface area contributed by atoms with Gasteiger partial charge in [0.05, 0.1) is 35.5 Å². The number of rotatable bonds is 5. The van der Waals surface area contributed by atoms with Gasteiger partial charge in [0, 0.05) is 30.8 Å². The summed E-state index contributed by atoms with van der Waals surface area (Å²) in [4.78, 5) is 26.2. The van der Waals surface area contributed by atoms with E-state index in [0.29, 0.717) is 28.4 Å². The zero-order valence-corrected chi connectivity index (χ0v) is 17.4. The minimum absolute atomic E-state index is 0.151. The van der Waals surface area contributed by atoms with Crippen LogP contribution in [0.5, 0.6) is 0 Å². The number of pyridine rings is 1. The van der Waals surface area contributed by atoms with Crippen molar-refractivity contribution in [2.24, 2.45) is 7.05 Å². The fourth-order valence-electron chi connectivity index (χ4n) is 3.59. The molecule has 0 bridgehead atoms. The second-order valence-electron chi connectivity index (χ2n) is 7.43. The van der Waals surface area contributed by atoms with Crippen LogP contribution in [0.1, 0.15) is 21.7 Å². The van der Waals surface area contributed by atoms with Gasteiger partial charge in [-0.05, 0) is 13.0 Å². The molecule has 9 heteroatoms. The lowest BCUT2D eigenvalue weighted by atomic mass is 10.0. The summed E-state index contributed by atoms with van der Waals surface area (Å²) in [6.45, 7) is 1.82. The van der Waals surface area contributed by atoms with Gasteiger partial charge in [-0.25, -0.2) is 18.9 Å². The number of hydrogen-bond acceptors (Lipinski definition) is 6. The molecule has 5 rings (SSSR count). The van der Waals surface area contributed by atoms with Gasteiger partial charge >= 0.3 is 0 Å². The Morgan fingerprint density at radius 3 is 2.69 bits per heavy atom. The number of aryl methyl sites for hydroxylation is 2. The summed E-state index contributed by atoms with van der Waals surface area (Å²) < 4.78 is 17.7. The zero-order valence-electron chi connectivity index (χ0n) is 17.4. The van der Waals surface area contributed by atoms with Crippen LogP contribution >= 0.6 is 0 Å². The molecular weight excluding hydrogens is 409 g/mol. The van der Waals surface area contributed by atoms with Crippen molar-refractivity contribution < 1.29 is 9.18 Å². The van der Waals surface area contributed by atoms with Gasteiger partial charge < -0.3 is 0 Å². The van der Waals surface area contributed by atoms with Crippen LogP contribution in [0.15, 0.2) is 61.2 Å². The number of benzene rings is 1. The average molecular weight is 427 g/mol. The van der Waals surface area contributed by atoms with Crippen LogP contribution in [0, 0.1) is 12.7 Å². The van der Waals surface area contributed by atoms with Crippen molar-refractivity contribution in [3.8, 4) is 22.6 Å². The zero-order chi connectivity index (χ0) is 22.2. The van der Waals surface area contributed by atoms with E-state index in [-0.39, 0.29) is 17.8 Å². The van der Waals surface area contributed by atoms with Gasteiger partial charge in [0.25, 0.3) is 0 Å². The summed E-state index contributed by atoms with van der Waals surface area (Å²) >= 11 is 0. The number of carbonyl (C=O) groups is 1. The van der Waals surface area contributed by atoms with E-state index < -0.39 is 5.82 Å². The van der Waals surface area contributed by atoms with Crippen LogP contribution < -0.4 is 0 Å². The molecule has 0 radical (unpaired) electrons. The molecule has 4 heterocycles. The van der Waals surface area contributed by atoms with Crippen LogP contribution in [0.25, 0.3) is 28.3 Å². The molecule has 0 atom stereocenters. The smallest absolute Gasteiger partial charge is 0.186 e. The fourth-order valence-corrected chi connectivity index (χ4v) is 3.59. The minimum Gasteiger partial charge on any atom is -0.292 e. The molecule has 0 saturated carbocycles. The molecule has 0 aliphatic heterocycles. The third-order valence-corrected chi connectivity index (χ3v) is 5.12. The van der Waals surface area contributed by atoms with Gasteiger partial charge in [-0.2, -0.15) is 5.10 Å². The Morgan fingerprint density at radius 2 is 1.91 bits per heavy atom. The van der Waals surface area contributed by atoms with E-state index in [0.717, 1.165) is 11.3 Å². The van der Waals surface area contributed by atoms with Crippen molar-refractivity contribution >= 4 is 11.4 Å². The lowest BCUT2D eigenvalue weighted by Gasteiger charge is -2.07. The van der Waals surface area contributed by atoms with Crippen molar-refractivity contribution in [2.75, 3.05) is 0 Å². The Balaban J connectivity index is 1.49. The van der Waals surface area contributed by atoms with Crippen molar-refractivity contribution in [1.82, 2.24) is 34.3 Å². The van der Waals surface area contributed by atoms with Gasteiger partial charge in [-0.15, -0.1) is 5.10 Å². The van der Waals surface area contributed by atoms with E-state index in [9.17, 15) is 9.18 Å². The highest BCUT2D eigenvalue weighted by atomic mass is 19.1. The third-order valence-electron chi connectivity index (χ3n) is 5.12. The molecule has 1 aromatic carbocycles. The monoisotopic (exact) mass is 427 g/mol. The van der Waals surface area contributed by atoms with Crippen LogP contribution in [0.3, 0.4) is 0 Å². The number of hydrogen-bond donors (Lipinski definition) is 0. The highest BCUT2D eigenvalue weighted by Crippen LogP contribution is 2.24. The molecule has 0 spiro atoms. The van der Waals surface area contributed by atoms with Crippen LogP contribution in [0.2, 0.25) is 0 Å². The highest BCUT2D eigenvalue weighted by Gasteiger charge is 2.21. The van der Waals surface area contributed by atoms with E-state index >= 15 is 0 Å². The number of ketones is 1. The van der Waals surface area contributed by atoms with Crippen molar-refractivity contribution in [2.45, 2.75) is 13.3 Å². The Hall–Kier alpha value is -4.27. The van der Waals surface area contributed by atoms with E-state index in [1.165, 1.54) is 15.4 Å². The van der Waals surface area contributed by atoms with Crippen molar-refractivity contribution in [1.29, 1.82) is 0 Å². The SMILES string of the molecule is Cc1cncc(-c2cnn(C)c2C(=O)Cc2cc3nc(-c4ccccc4)nn3cc2F)n1. The summed E-state index contributed by atoms with van der Waals surface area (Å²) in [5.74, 6) is -0.329. The first kappa shape index (κ1) is 19.7. The predicted octanol–water partition coefficient (Wildman–Crippen LogP) is 3.46. The maximum absolute atomic E-state index is 14.8. The highest BCUT2D eigenvalue weighted by molar-refractivity contribution is 6.01. The number of halogens is 1. The second kappa shape index (κ2) is 7.77. The second-order valence-corrected chi connectivity index (χ2v) is 7.43. The first-order chi connectivity index (χ1) is 15.5. The molecule has 32 heavy (non-hydrogen) atoms. The molecule has 0 fully saturated rings. The molecule has 0 unspecified atom stereocenters. The lowest BCUT2D eigenvalue weighted by Crippen LogP contribution is -2.12. The summed E-state index contributed by atoms with van der Waals surface area (Å²) in [7, 11) is 1.67. The third kappa shape index (κ3) is 3.53. The van der Waals surface area contributed by atoms with E-state index in [1.807, 2.05) is 37.3 Å². The maximum Gasteiger partial charge on any atom is 0.186 e. The molecule has 0 N–H and O–H groups in total. The Morgan fingerprint density at radius 1 is 1.09 bits per heavy atom. The van der Waals surface area contributed by atoms with Crippen molar-refractivity contribution in [3.05, 3.63) is 84.0 Å². The van der Waals surface area contributed by atoms with E-state index in [2.05, 4.69) is 25.1 Å². The average Bonchev–Trinajstić information content (AvgIpc) is 3.38. The summed E-state index contributed by atoms with van der Waals surface area (Å²) in [6, 6.07) is 11.0. The molecule has 5 aromatic rings. The Labute approximate surface area is 182 Å². The van der Waals surface area contributed by atoms with Crippen LogP contribution in [0.4, 0.5) is 4.39 Å². The number of fused-ring (bicyclic) bond motifs is 1. The maximum atomic E-state index is 14.8. The number of carbonyl (C=O) groups excluding carboxylic acids is 1. The number of nitrogens with zero attached hydrogens (tertiary/aromatic N) is 7. The molecule has 0 saturated heterocycles. The first-order valence-electron chi connectivity index (χ1n) is 9.94. The lowest BCUT2D eigenvalue weighted by molar-refractivity contribution is 0.0983. The molecule has 0 aliphatic rings. The van der Waals surface area contributed by atoms with E-state index in [4.69, 9.17) is 0 Å². The quantitative estimate of drug-likeness (QED) is 0.399. The molecular formula is C23H18FN7O. The molecule has 0 aliphatic carbocycles. The molecule has 0 amide bonds. The van der Waals surface area contributed by atoms with Gasteiger partial charge in [0.2, 0.25) is 0 Å². The van der Waals surface area contributed by atoms with Gasteiger partial charge in [-0.1, -0.05) is 30.3 Å². The van der Waals surface area contributed by atoms with Crippen LogP contribution in [-0.4, -0.2) is 40.1 Å². The van der Waals surface area contributed by atoms with E-state index in [1.54, 1.807) is 31.7 Å². The minimum atomic E-state index is -0.533. The van der Waals surface area contributed by atoms with Gasteiger partial charge in [0.15, 0.2) is 17.3 Å². The standard InChI is InChI=1S/C23H18FN7O/c1-14-10-25-12-19(27-14)17-11-26-30(2)22(17)20(32)8-16-9-21-28-23(15-6-4-3-5-7-15)29-31(21)13-18(16)24/h3-7,9-13H,8H2,1-2H3. The molecule has 8 nitrogen and oxygen atoms in total. The van der Waals surface area contributed by atoms with Crippen molar-refractivity contribution in [3.63, 3.8) is 0 Å². The summed E-state index contributed by atoms with van der Waals surface area (Å²) in [5, 5.41) is 8.54. The topological polar surface area (TPSA) is 90.9 Å². The molecule has 158 valence electrons. The summed E-state index contributed by atoms with van der Waals surface area (Å²) in [6.07, 6.45) is 5.87. The predicted molar refractivity (Wildman–Crippen MR) is 115 cm³/mol. The van der Waals surface area contributed by atoms with Crippen LogP contribution in [-0.2, 0) is 13.5 Å². The number of Topliss-reactive ketones (excluding diaryl/α,β-unsaturated/α-hetero) is 1.